The molecule has 5 nitrogen and oxygen atoms in total. The molecule has 0 aliphatic carbocycles. The first-order valence-electron chi connectivity index (χ1n) is 8.54. The van der Waals surface area contributed by atoms with Crippen LogP contribution in [0.3, 0.4) is 0 Å². The Bertz CT molecular complexity index is 520. The SMILES string of the molecule is Cc1nc([C@H]2CCCN(C(=O)COC[C@H]3CCCO3)C2)sc1C. The molecular weight excluding hydrogens is 312 g/mol. The predicted octanol–water partition coefficient (Wildman–Crippen LogP) is 2.66. The second kappa shape index (κ2) is 7.73. The molecule has 1 aromatic heterocycles. The molecule has 0 saturated carbocycles. The van der Waals surface area contributed by atoms with Crippen LogP contribution in [-0.4, -0.2) is 54.8 Å². The summed E-state index contributed by atoms with van der Waals surface area (Å²) in [6.07, 6.45) is 4.48. The standard InChI is InChI=1S/C17H26N2O3S/c1-12-13(2)23-17(18-12)14-5-3-7-19(9-14)16(20)11-21-10-15-6-4-8-22-15/h14-15H,3-11H2,1-2H3/t14-,15+/m0/s1. The van der Waals surface area contributed by atoms with Crippen molar-refractivity contribution in [3.05, 3.63) is 15.6 Å². The number of thiazole rings is 1. The highest BCUT2D eigenvalue weighted by Crippen LogP contribution is 2.31. The fourth-order valence-corrected chi connectivity index (χ4v) is 4.27. The van der Waals surface area contributed by atoms with Gasteiger partial charge in [0.1, 0.15) is 6.61 Å². The van der Waals surface area contributed by atoms with Crippen molar-refractivity contribution in [1.29, 1.82) is 0 Å². The van der Waals surface area contributed by atoms with Crippen LogP contribution in [0.4, 0.5) is 0 Å². The Morgan fingerprint density at radius 3 is 2.96 bits per heavy atom. The Morgan fingerprint density at radius 2 is 2.26 bits per heavy atom. The first kappa shape index (κ1) is 16.9. The molecule has 2 aliphatic rings. The summed E-state index contributed by atoms with van der Waals surface area (Å²) < 4.78 is 11.1. The first-order valence-corrected chi connectivity index (χ1v) is 9.36. The summed E-state index contributed by atoms with van der Waals surface area (Å²) in [5, 5.41) is 1.18. The number of amides is 1. The first-order chi connectivity index (χ1) is 11.1. The van der Waals surface area contributed by atoms with Crippen LogP contribution in [0, 0.1) is 13.8 Å². The van der Waals surface area contributed by atoms with Crippen molar-refractivity contribution in [2.24, 2.45) is 0 Å². The number of hydrogen-bond acceptors (Lipinski definition) is 5. The Balaban J connectivity index is 1.48. The second-order valence-electron chi connectivity index (χ2n) is 6.52. The number of aryl methyl sites for hydroxylation is 2. The van der Waals surface area contributed by atoms with Crippen LogP contribution >= 0.6 is 11.3 Å². The molecular formula is C17H26N2O3S. The van der Waals surface area contributed by atoms with Gasteiger partial charge in [-0.15, -0.1) is 11.3 Å². The molecule has 0 radical (unpaired) electrons. The minimum atomic E-state index is 0.0951. The highest BCUT2D eigenvalue weighted by atomic mass is 32.1. The molecule has 3 rings (SSSR count). The van der Waals surface area contributed by atoms with Crippen molar-refractivity contribution >= 4 is 17.2 Å². The van der Waals surface area contributed by atoms with Gasteiger partial charge in [-0.25, -0.2) is 4.98 Å². The van der Waals surface area contributed by atoms with E-state index in [0.29, 0.717) is 12.5 Å². The molecule has 6 heteroatoms. The van der Waals surface area contributed by atoms with E-state index in [9.17, 15) is 4.79 Å². The van der Waals surface area contributed by atoms with Crippen LogP contribution in [-0.2, 0) is 14.3 Å². The van der Waals surface area contributed by atoms with Gasteiger partial charge in [-0.2, -0.15) is 0 Å². The highest BCUT2D eigenvalue weighted by Gasteiger charge is 2.27. The fraction of sp³-hybridized carbons (Fsp3) is 0.765. The second-order valence-corrected chi connectivity index (χ2v) is 7.76. The zero-order valence-corrected chi connectivity index (χ0v) is 14.9. The van der Waals surface area contributed by atoms with Gasteiger partial charge < -0.3 is 14.4 Å². The lowest BCUT2D eigenvalue weighted by molar-refractivity contribution is -0.138. The van der Waals surface area contributed by atoms with Gasteiger partial charge in [0.15, 0.2) is 0 Å². The number of carbonyl (C=O) groups is 1. The summed E-state index contributed by atoms with van der Waals surface area (Å²) in [4.78, 5) is 20.3. The Morgan fingerprint density at radius 1 is 1.39 bits per heavy atom. The third-order valence-electron chi connectivity index (χ3n) is 4.72. The van der Waals surface area contributed by atoms with Gasteiger partial charge in [0.2, 0.25) is 5.91 Å². The van der Waals surface area contributed by atoms with Gasteiger partial charge in [0.05, 0.1) is 23.4 Å². The molecule has 0 unspecified atom stereocenters. The normalized spacial score (nSPS) is 25.0. The minimum Gasteiger partial charge on any atom is -0.376 e. The van der Waals surface area contributed by atoms with Crippen molar-refractivity contribution in [3.8, 4) is 0 Å². The van der Waals surface area contributed by atoms with Crippen molar-refractivity contribution < 1.29 is 14.3 Å². The van der Waals surface area contributed by atoms with Crippen LogP contribution in [0.5, 0.6) is 0 Å². The molecule has 2 atom stereocenters. The van der Waals surface area contributed by atoms with E-state index in [1.165, 1.54) is 9.88 Å². The van der Waals surface area contributed by atoms with E-state index in [-0.39, 0.29) is 18.6 Å². The smallest absolute Gasteiger partial charge is 0.248 e. The largest absolute Gasteiger partial charge is 0.376 e. The third kappa shape index (κ3) is 4.31. The summed E-state index contributed by atoms with van der Waals surface area (Å²) in [5.74, 6) is 0.473. The summed E-state index contributed by atoms with van der Waals surface area (Å²) in [6, 6.07) is 0. The molecule has 1 amide bonds. The topological polar surface area (TPSA) is 51.7 Å². The lowest BCUT2D eigenvalue weighted by Crippen LogP contribution is -2.41. The molecule has 2 saturated heterocycles. The lowest BCUT2D eigenvalue weighted by Gasteiger charge is -2.31. The summed E-state index contributed by atoms with van der Waals surface area (Å²) in [7, 11) is 0. The predicted molar refractivity (Wildman–Crippen MR) is 89.9 cm³/mol. The van der Waals surface area contributed by atoms with Gasteiger partial charge in [0.25, 0.3) is 0 Å². The molecule has 2 aliphatic heterocycles. The molecule has 3 heterocycles. The van der Waals surface area contributed by atoms with Gasteiger partial charge >= 0.3 is 0 Å². The maximum Gasteiger partial charge on any atom is 0.248 e. The van der Waals surface area contributed by atoms with Crippen molar-refractivity contribution in [2.45, 2.75) is 51.6 Å². The maximum atomic E-state index is 12.4. The van der Waals surface area contributed by atoms with Crippen LogP contribution in [0.2, 0.25) is 0 Å². The quantitative estimate of drug-likeness (QED) is 0.828. The van der Waals surface area contributed by atoms with Gasteiger partial charge in [0, 0.05) is 30.5 Å². The number of ether oxygens (including phenoxy) is 2. The van der Waals surface area contributed by atoms with Gasteiger partial charge in [-0.3, -0.25) is 4.79 Å². The molecule has 0 aromatic carbocycles. The number of hydrogen-bond donors (Lipinski definition) is 0. The molecule has 0 N–H and O–H groups in total. The van der Waals surface area contributed by atoms with Gasteiger partial charge in [-0.1, -0.05) is 0 Å². The molecule has 2 fully saturated rings. The maximum absolute atomic E-state index is 12.4. The Kier molecular flexibility index (Phi) is 5.67. The number of piperidine rings is 1. The van der Waals surface area contributed by atoms with E-state index in [1.807, 2.05) is 4.90 Å². The van der Waals surface area contributed by atoms with Crippen molar-refractivity contribution in [1.82, 2.24) is 9.88 Å². The summed E-state index contributed by atoms with van der Waals surface area (Å²) in [6.45, 7) is 7.30. The van der Waals surface area contributed by atoms with E-state index in [1.54, 1.807) is 11.3 Å². The number of rotatable bonds is 5. The van der Waals surface area contributed by atoms with Crippen LogP contribution in [0.1, 0.15) is 47.2 Å². The van der Waals surface area contributed by atoms with Gasteiger partial charge in [-0.05, 0) is 39.5 Å². The number of nitrogens with zero attached hydrogens (tertiary/aromatic N) is 2. The average Bonchev–Trinajstić information content (AvgIpc) is 3.18. The fourth-order valence-electron chi connectivity index (χ4n) is 3.22. The summed E-state index contributed by atoms with van der Waals surface area (Å²) >= 11 is 1.77. The molecule has 1 aromatic rings. The number of aromatic nitrogens is 1. The Labute approximate surface area is 142 Å². The van der Waals surface area contributed by atoms with E-state index >= 15 is 0 Å². The average molecular weight is 338 g/mol. The van der Waals surface area contributed by atoms with Crippen molar-refractivity contribution in [2.75, 3.05) is 32.9 Å². The van der Waals surface area contributed by atoms with E-state index in [2.05, 4.69) is 18.8 Å². The summed E-state index contributed by atoms with van der Waals surface area (Å²) in [5.41, 5.74) is 1.12. The van der Waals surface area contributed by atoms with E-state index in [0.717, 1.165) is 51.1 Å². The van der Waals surface area contributed by atoms with E-state index < -0.39 is 0 Å². The minimum absolute atomic E-state index is 0.0951. The van der Waals surface area contributed by atoms with Crippen molar-refractivity contribution in [3.63, 3.8) is 0 Å². The molecule has 0 spiro atoms. The molecule has 128 valence electrons. The zero-order valence-electron chi connectivity index (χ0n) is 14.0. The Hall–Kier alpha value is -0.980. The highest BCUT2D eigenvalue weighted by molar-refractivity contribution is 7.11. The van der Waals surface area contributed by atoms with E-state index in [4.69, 9.17) is 9.47 Å². The van der Waals surface area contributed by atoms with Crippen LogP contribution in [0.25, 0.3) is 0 Å². The van der Waals surface area contributed by atoms with Crippen LogP contribution < -0.4 is 0 Å². The number of carbonyl (C=O) groups excluding carboxylic acids is 1. The molecule has 0 bridgehead atoms. The third-order valence-corrected chi connectivity index (χ3v) is 5.96. The lowest BCUT2D eigenvalue weighted by atomic mass is 9.99. The monoisotopic (exact) mass is 338 g/mol. The van der Waals surface area contributed by atoms with Crippen LogP contribution in [0.15, 0.2) is 0 Å². The molecule has 23 heavy (non-hydrogen) atoms. The zero-order chi connectivity index (χ0) is 16.2. The number of likely N-dealkylation sites (tertiary alicyclic amines) is 1.